The Morgan fingerprint density at radius 1 is 1.29 bits per heavy atom. The molecule has 0 aliphatic carbocycles. The van der Waals surface area contributed by atoms with Crippen molar-refractivity contribution in [3.05, 3.63) is 0 Å². The normalized spacial score (nSPS) is 11.6. The van der Waals surface area contributed by atoms with E-state index in [0.29, 0.717) is 0 Å². The van der Waals surface area contributed by atoms with Crippen LogP contribution in [0, 0.1) is 0 Å². The molecule has 1 unspecified atom stereocenters. The van der Waals surface area contributed by atoms with Crippen LogP contribution in [0.3, 0.4) is 0 Å². The average molecular weight is 306 g/mol. The molecule has 0 aromatic heterocycles. The van der Waals surface area contributed by atoms with Crippen molar-refractivity contribution in [2.75, 3.05) is 47.1 Å². The van der Waals surface area contributed by atoms with E-state index in [0.717, 1.165) is 0 Å². The summed E-state index contributed by atoms with van der Waals surface area (Å²) < 4.78 is 14.3. The molecule has 0 aromatic rings. The Kier molecular flexibility index (Phi) is 9.90. The number of hydrogen-bond acceptors (Lipinski definition) is 6. The van der Waals surface area contributed by atoms with Crippen molar-refractivity contribution in [2.45, 2.75) is 13.0 Å². The lowest BCUT2D eigenvalue weighted by Crippen LogP contribution is -2.47. The average Bonchev–Trinajstić information content (AvgIpc) is 2.43. The Morgan fingerprint density at radius 3 is 2.43 bits per heavy atom. The number of carbonyl (C=O) groups excluding carboxylic acids is 2. The molecule has 0 radical (unpaired) electrons. The van der Waals surface area contributed by atoms with E-state index in [1.165, 1.54) is 19.1 Å². The minimum Gasteiger partial charge on any atom is -0.479 e. The van der Waals surface area contributed by atoms with Crippen molar-refractivity contribution >= 4 is 18.0 Å². The predicted molar refractivity (Wildman–Crippen MR) is 71.9 cm³/mol. The van der Waals surface area contributed by atoms with Gasteiger partial charge in [-0.2, -0.15) is 0 Å². The Labute approximate surface area is 123 Å². The molecule has 0 aliphatic heterocycles. The quantitative estimate of drug-likeness (QED) is 0.513. The van der Waals surface area contributed by atoms with Gasteiger partial charge in [-0.25, -0.2) is 9.59 Å². The van der Waals surface area contributed by atoms with Gasteiger partial charge in [0, 0.05) is 20.8 Å². The summed E-state index contributed by atoms with van der Waals surface area (Å²) in [7, 11) is 2.69. The van der Waals surface area contributed by atoms with E-state index in [1.54, 1.807) is 6.92 Å². The molecular weight excluding hydrogens is 284 g/mol. The van der Waals surface area contributed by atoms with E-state index in [-0.39, 0.29) is 32.8 Å². The maximum absolute atomic E-state index is 11.9. The first-order chi connectivity index (χ1) is 9.96. The number of rotatable bonds is 10. The van der Waals surface area contributed by atoms with Crippen LogP contribution < -0.4 is 5.32 Å². The summed E-state index contributed by atoms with van der Waals surface area (Å²) in [4.78, 5) is 35.3. The maximum Gasteiger partial charge on any atom is 0.334 e. The fourth-order valence-corrected chi connectivity index (χ4v) is 1.38. The van der Waals surface area contributed by atoms with Gasteiger partial charge in [0.2, 0.25) is 0 Å². The highest BCUT2D eigenvalue weighted by atomic mass is 16.5. The second kappa shape index (κ2) is 10.9. The minimum absolute atomic E-state index is 0.172. The van der Waals surface area contributed by atoms with Crippen LogP contribution in [0.1, 0.15) is 6.92 Å². The number of esters is 1. The number of hydrogen-bond donors (Lipinski definition) is 2. The number of carbonyl (C=O) groups is 3. The number of aliphatic carboxylic acids is 1. The van der Waals surface area contributed by atoms with Crippen molar-refractivity contribution in [3.63, 3.8) is 0 Å². The van der Waals surface area contributed by atoms with Crippen LogP contribution in [0.4, 0.5) is 4.79 Å². The third-order valence-electron chi connectivity index (χ3n) is 2.48. The zero-order chi connectivity index (χ0) is 16.3. The Hall–Kier alpha value is -1.87. The first-order valence-electron chi connectivity index (χ1n) is 6.39. The van der Waals surface area contributed by atoms with E-state index >= 15 is 0 Å². The van der Waals surface area contributed by atoms with Gasteiger partial charge < -0.3 is 29.5 Å². The summed E-state index contributed by atoms with van der Waals surface area (Å²) in [5.41, 5.74) is 0. The number of nitrogens with zero attached hydrogens (tertiary/aromatic N) is 1. The SMILES string of the molecule is CCOC(=O)CN(CCOC)C(=O)NCC(OC)C(=O)O. The number of amides is 2. The lowest BCUT2D eigenvalue weighted by atomic mass is 10.3. The van der Waals surface area contributed by atoms with Gasteiger partial charge in [-0.3, -0.25) is 4.79 Å². The van der Waals surface area contributed by atoms with Gasteiger partial charge in [-0.15, -0.1) is 0 Å². The van der Waals surface area contributed by atoms with Crippen LogP contribution in [0.15, 0.2) is 0 Å². The van der Waals surface area contributed by atoms with Crippen LogP contribution in [0.25, 0.3) is 0 Å². The summed E-state index contributed by atoms with van der Waals surface area (Å²) in [6.07, 6.45) is -1.15. The van der Waals surface area contributed by atoms with E-state index < -0.39 is 24.1 Å². The van der Waals surface area contributed by atoms with Crippen molar-refractivity contribution in [3.8, 4) is 0 Å². The van der Waals surface area contributed by atoms with Gasteiger partial charge in [0.25, 0.3) is 0 Å². The van der Waals surface area contributed by atoms with Crippen molar-refractivity contribution < 1.29 is 33.7 Å². The standard InChI is InChI=1S/C12H22N2O7/c1-4-21-10(15)8-14(5-6-19-2)12(18)13-7-9(20-3)11(16)17/h9H,4-8H2,1-3H3,(H,13,18)(H,16,17). The second-order valence-electron chi connectivity index (χ2n) is 3.97. The lowest BCUT2D eigenvalue weighted by Gasteiger charge is -2.22. The van der Waals surface area contributed by atoms with Crippen molar-refractivity contribution in [1.29, 1.82) is 0 Å². The number of methoxy groups -OCH3 is 2. The molecule has 0 saturated carbocycles. The van der Waals surface area contributed by atoms with E-state index in [1.807, 2.05) is 0 Å². The molecule has 0 bridgehead atoms. The zero-order valence-corrected chi connectivity index (χ0v) is 12.5. The molecule has 122 valence electrons. The molecule has 0 aliphatic rings. The van der Waals surface area contributed by atoms with Gasteiger partial charge >= 0.3 is 18.0 Å². The Balaban J connectivity index is 4.48. The molecular formula is C12H22N2O7. The summed E-state index contributed by atoms with van der Waals surface area (Å²) in [5, 5.41) is 11.2. The number of carboxylic acids is 1. The third-order valence-corrected chi connectivity index (χ3v) is 2.48. The number of nitrogens with one attached hydrogen (secondary N) is 1. The molecule has 0 saturated heterocycles. The molecule has 1 atom stereocenters. The molecule has 9 nitrogen and oxygen atoms in total. The van der Waals surface area contributed by atoms with Crippen LogP contribution in [0.2, 0.25) is 0 Å². The molecule has 2 amide bonds. The van der Waals surface area contributed by atoms with E-state index in [2.05, 4.69) is 5.32 Å². The first kappa shape index (κ1) is 19.1. The first-order valence-corrected chi connectivity index (χ1v) is 6.39. The summed E-state index contributed by atoms with van der Waals surface area (Å²) in [6.45, 7) is 1.83. The van der Waals surface area contributed by atoms with Gasteiger partial charge in [-0.1, -0.05) is 0 Å². The fourth-order valence-electron chi connectivity index (χ4n) is 1.38. The van der Waals surface area contributed by atoms with Gasteiger partial charge in [-0.05, 0) is 6.92 Å². The van der Waals surface area contributed by atoms with Gasteiger partial charge in [0.1, 0.15) is 6.54 Å². The van der Waals surface area contributed by atoms with Gasteiger partial charge in [0.05, 0.1) is 19.8 Å². The molecule has 0 spiro atoms. The second-order valence-corrected chi connectivity index (χ2v) is 3.97. The van der Waals surface area contributed by atoms with Crippen LogP contribution in [0.5, 0.6) is 0 Å². The maximum atomic E-state index is 11.9. The topological polar surface area (TPSA) is 114 Å². The largest absolute Gasteiger partial charge is 0.479 e. The number of carboxylic acid groups (broad SMARTS) is 1. The third kappa shape index (κ3) is 8.10. The van der Waals surface area contributed by atoms with E-state index in [9.17, 15) is 14.4 Å². The Bertz CT molecular complexity index is 348. The molecule has 0 aromatic carbocycles. The van der Waals surface area contributed by atoms with Gasteiger partial charge in [0.15, 0.2) is 6.10 Å². The fraction of sp³-hybridized carbons (Fsp3) is 0.750. The molecule has 0 fully saturated rings. The molecule has 9 heteroatoms. The minimum atomic E-state index is -1.19. The highest BCUT2D eigenvalue weighted by Gasteiger charge is 2.21. The molecule has 21 heavy (non-hydrogen) atoms. The van der Waals surface area contributed by atoms with Crippen LogP contribution in [-0.2, 0) is 23.8 Å². The highest BCUT2D eigenvalue weighted by molar-refractivity contribution is 5.81. The monoisotopic (exact) mass is 306 g/mol. The van der Waals surface area contributed by atoms with E-state index in [4.69, 9.17) is 19.3 Å². The molecule has 0 heterocycles. The molecule has 0 rings (SSSR count). The van der Waals surface area contributed by atoms with Crippen molar-refractivity contribution in [2.24, 2.45) is 0 Å². The number of urea groups is 1. The van der Waals surface area contributed by atoms with Crippen LogP contribution >= 0.6 is 0 Å². The lowest BCUT2D eigenvalue weighted by molar-refractivity contribution is -0.148. The predicted octanol–water partition coefficient (Wildman–Crippen LogP) is -0.693. The summed E-state index contributed by atoms with van der Waals surface area (Å²) in [6, 6.07) is -0.594. The Morgan fingerprint density at radius 2 is 1.95 bits per heavy atom. The van der Waals surface area contributed by atoms with Crippen LogP contribution in [-0.4, -0.2) is 81.1 Å². The molecule has 2 N–H and O–H groups in total. The zero-order valence-electron chi connectivity index (χ0n) is 12.5. The summed E-state index contributed by atoms with van der Waals surface area (Å²) in [5.74, 6) is -1.74. The summed E-state index contributed by atoms with van der Waals surface area (Å²) >= 11 is 0. The van der Waals surface area contributed by atoms with Crippen molar-refractivity contribution in [1.82, 2.24) is 10.2 Å². The smallest absolute Gasteiger partial charge is 0.334 e. The number of ether oxygens (including phenoxy) is 3. The highest BCUT2D eigenvalue weighted by Crippen LogP contribution is 1.95.